The lowest BCUT2D eigenvalue weighted by Gasteiger charge is -2.08. The third-order valence-electron chi connectivity index (χ3n) is 2.80. The summed E-state index contributed by atoms with van der Waals surface area (Å²) in [5.74, 6) is -0.0597. The fourth-order valence-electron chi connectivity index (χ4n) is 1.81. The molecule has 0 aliphatic carbocycles. The van der Waals surface area contributed by atoms with E-state index in [1.165, 1.54) is 0 Å². The van der Waals surface area contributed by atoms with Gasteiger partial charge in [0.05, 0.1) is 10.7 Å². The Balaban J connectivity index is 1.92. The fraction of sp³-hybridized carbons (Fsp3) is 0.133. The van der Waals surface area contributed by atoms with Crippen molar-refractivity contribution in [3.8, 4) is 0 Å². The number of hydrogen-bond acceptors (Lipinski definition) is 2. The molecule has 20 heavy (non-hydrogen) atoms. The second kappa shape index (κ2) is 6.95. The summed E-state index contributed by atoms with van der Waals surface area (Å²) < 4.78 is 1.03. The van der Waals surface area contributed by atoms with Crippen LogP contribution in [0.4, 0.5) is 11.4 Å². The normalized spacial score (nSPS) is 10.3. The summed E-state index contributed by atoms with van der Waals surface area (Å²) in [6.45, 7) is 0. The number of rotatable bonds is 4. The number of nitrogens with two attached hydrogens (primary N) is 1. The van der Waals surface area contributed by atoms with Gasteiger partial charge in [-0.2, -0.15) is 0 Å². The summed E-state index contributed by atoms with van der Waals surface area (Å²) in [6.07, 6.45) is 1.05. The van der Waals surface area contributed by atoms with Crippen LogP contribution in [0.25, 0.3) is 0 Å². The first-order valence-corrected chi connectivity index (χ1v) is 7.59. The third-order valence-corrected chi connectivity index (χ3v) is 3.78. The molecule has 3 N–H and O–H groups in total. The van der Waals surface area contributed by atoms with Crippen LogP contribution in [0.5, 0.6) is 0 Å². The number of hydrogen-bond donors (Lipinski definition) is 2. The number of halogens is 2. The number of amides is 1. The molecule has 0 bridgehead atoms. The van der Waals surface area contributed by atoms with Crippen molar-refractivity contribution in [1.82, 2.24) is 0 Å². The predicted molar refractivity (Wildman–Crippen MR) is 92.0 cm³/mol. The van der Waals surface area contributed by atoms with E-state index in [0.717, 1.165) is 9.13 Å². The maximum atomic E-state index is 11.9. The molecule has 0 aliphatic rings. The van der Waals surface area contributed by atoms with Gasteiger partial charge in [0.1, 0.15) is 0 Å². The van der Waals surface area contributed by atoms with Crippen LogP contribution < -0.4 is 11.1 Å². The lowest BCUT2D eigenvalue weighted by Crippen LogP contribution is -2.12. The number of nitrogen functional groups attached to an aromatic ring is 1. The topological polar surface area (TPSA) is 55.1 Å². The molecule has 0 saturated heterocycles. The van der Waals surface area contributed by atoms with Crippen molar-refractivity contribution in [2.75, 3.05) is 11.1 Å². The third kappa shape index (κ3) is 4.38. The quantitative estimate of drug-likeness (QED) is 0.600. The zero-order chi connectivity index (χ0) is 14.5. The van der Waals surface area contributed by atoms with E-state index in [2.05, 4.69) is 27.9 Å². The molecule has 0 radical (unpaired) electrons. The van der Waals surface area contributed by atoms with Gasteiger partial charge < -0.3 is 11.1 Å². The van der Waals surface area contributed by atoms with Crippen molar-refractivity contribution in [2.24, 2.45) is 0 Å². The van der Waals surface area contributed by atoms with Gasteiger partial charge in [-0.05, 0) is 64.9 Å². The minimum Gasteiger partial charge on any atom is -0.399 e. The Morgan fingerprint density at radius 2 is 2.05 bits per heavy atom. The molecule has 0 unspecified atom stereocenters. The van der Waals surface area contributed by atoms with Crippen molar-refractivity contribution in [2.45, 2.75) is 12.8 Å². The van der Waals surface area contributed by atoms with E-state index in [-0.39, 0.29) is 5.91 Å². The zero-order valence-electron chi connectivity index (χ0n) is 10.7. The van der Waals surface area contributed by atoms with Crippen LogP contribution in [0.15, 0.2) is 42.5 Å². The molecule has 0 spiro atoms. The monoisotopic (exact) mass is 400 g/mol. The van der Waals surface area contributed by atoms with Gasteiger partial charge in [0.2, 0.25) is 5.91 Å². The van der Waals surface area contributed by atoms with E-state index in [9.17, 15) is 4.79 Å². The first-order chi connectivity index (χ1) is 9.54. The van der Waals surface area contributed by atoms with Gasteiger partial charge in [-0.1, -0.05) is 23.7 Å². The second-order valence-corrected chi connectivity index (χ2v) is 6.07. The van der Waals surface area contributed by atoms with Crippen molar-refractivity contribution in [3.63, 3.8) is 0 Å². The minimum absolute atomic E-state index is 0.0597. The largest absolute Gasteiger partial charge is 0.399 e. The van der Waals surface area contributed by atoms with Crippen LogP contribution in [-0.4, -0.2) is 5.91 Å². The lowest BCUT2D eigenvalue weighted by atomic mass is 10.1. The average molecular weight is 401 g/mol. The Morgan fingerprint density at radius 1 is 1.25 bits per heavy atom. The van der Waals surface area contributed by atoms with Crippen LogP contribution in [0, 0.1) is 3.57 Å². The maximum absolute atomic E-state index is 11.9. The molecule has 2 aromatic rings. The van der Waals surface area contributed by atoms with E-state index < -0.39 is 0 Å². The molecule has 0 aromatic heterocycles. The molecular formula is C15H14ClIN2O. The van der Waals surface area contributed by atoms with Crippen LogP contribution in [0.1, 0.15) is 12.0 Å². The lowest BCUT2D eigenvalue weighted by molar-refractivity contribution is -0.116. The average Bonchev–Trinajstić information content (AvgIpc) is 2.40. The zero-order valence-corrected chi connectivity index (χ0v) is 13.6. The van der Waals surface area contributed by atoms with Crippen molar-refractivity contribution in [1.29, 1.82) is 0 Å². The smallest absolute Gasteiger partial charge is 0.224 e. The first kappa shape index (κ1) is 15.1. The second-order valence-electron chi connectivity index (χ2n) is 4.42. The first-order valence-electron chi connectivity index (χ1n) is 6.14. The molecule has 0 atom stereocenters. The highest BCUT2D eigenvalue weighted by Crippen LogP contribution is 2.24. The number of aryl methyl sites for hydroxylation is 1. The molecular weight excluding hydrogens is 387 g/mol. The minimum atomic E-state index is -0.0597. The van der Waals surface area contributed by atoms with E-state index in [4.69, 9.17) is 17.3 Å². The molecule has 1 amide bonds. The standard InChI is InChI=1S/C15H14ClIN2O/c16-13-9-11(17)5-6-14(13)19-15(20)7-4-10-2-1-3-12(18)8-10/h1-3,5-6,8-9H,4,7,18H2,(H,19,20). The summed E-state index contributed by atoms with van der Waals surface area (Å²) in [4.78, 5) is 11.9. The van der Waals surface area contributed by atoms with Crippen molar-refractivity contribution >= 4 is 51.5 Å². The molecule has 0 saturated carbocycles. The number of carbonyl (C=O) groups is 1. The highest BCUT2D eigenvalue weighted by Gasteiger charge is 2.06. The molecule has 0 fully saturated rings. The van der Waals surface area contributed by atoms with Gasteiger partial charge in [-0.25, -0.2) is 0 Å². The van der Waals surface area contributed by atoms with Crippen LogP contribution in [0.2, 0.25) is 5.02 Å². The molecule has 2 rings (SSSR count). The van der Waals surface area contributed by atoms with E-state index in [1.807, 2.05) is 42.5 Å². The van der Waals surface area contributed by atoms with Gasteiger partial charge in [0, 0.05) is 15.7 Å². The summed E-state index contributed by atoms with van der Waals surface area (Å²) in [5.41, 5.74) is 8.11. The number of anilines is 2. The summed E-state index contributed by atoms with van der Waals surface area (Å²) in [7, 11) is 0. The Hall–Kier alpha value is -1.27. The molecule has 3 nitrogen and oxygen atoms in total. The summed E-state index contributed by atoms with van der Waals surface area (Å²) >= 11 is 8.25. The van der Waals surface area contributed by atoms with Crippen molar-refractivity contribution < 1.29 is 4.79 Å². The van der Waals surface area contributed by atoms with Crippen LogP contribution >= 0.6 is 34.2 Å². The fourth-order valence-corrected chi connectivity index (χ4v) is 2.71. The van der Waals surface area contributed by atoms with E-state index in [1.54, 1.807) is 0 Å². The number of benzene rings is 2. The highest BCUT2D eigenvalue weighted by atomic mass is 127. The molecule has 0 aliphatic heterocycles. The number of nitrogens with one attached hydrogen (secondary N) is 1. The maximum Gasteiger partial charge on any atom is 0.224 e. The SMILES string of the molecule is Nc1cccc(CCC(=O)Nc2ccc(I)cc2Cl)c1. The van der Waals surface area contributed by atoms with Crippen LogP contribution in [-0.2, 0) is 11.2 Å². The van der Waals surface area contributed by atoms with Gasteiger partial charge in [0.25, 0.3) is 0 Å². The summed E-state index contributed by atoms with van der Waals surface area (Å²) in [6, 6.07) is 13.1. The van der Waals surface area contributed by atoms with Gasteiger partial charge in [-0.3, -0.25) is 4.79 Å². The Morgan fingerprint density at radius 3 is 2.75 bits per heavy atom. The van der Waals surface area contributed by atoms with Crippen molar-refractivity contribution in [3.05, 3.63) is 56.6 Å². The Labute approximate surface area is 136 Å². The van der Waals surface area contributed by atoms with Crippen LogP contribution in [0.3, 0.4) is 0 Å². The van der Waals surface area contributed by atoms with E-state index in [0.29, 0.717) is 29.2 Å². The predicted octanol–water partition coefficient (Wildman–Crippen LogP) is 4.10. The summed E-state index contributed by atoms with van der Waals surface area (Å²) in [5, 5.41) is 3.37. The van der Waals surface area contributed by atoms with Gasteiger partial charge in [0.15, 0.2) is 0 Å². The van der Waals surface area contributed by atoms with E-state index >= 15 is 0 Å². The molecule has 2 aromatic carbocycles. The Kier molecular flexibility index (Phi) is 5.25. The molecule has 0 heterocycles. The molecule has 5 heteroatoms. The molecule has 104 valence electrons. The Bertz CT molecular complexity index is 631. The number of carbonyl (C=O) groups excluding carboxylic acids is 1. The van der Waals surface area contributed by atoms with Gasteiger partial charge in [-0.15, -0.1) is 0 Å². The van der Waals surface area contributed by atoms with Gasteiger partial charge >= 0.3 is 0 Å². The highest BCUT2D eigenvalue weighted by molar-refractivity contribution is 14.1.